The predicted molar refractivity (Wildman–Crippen MR) is 139 cm³/mol. The molecule has 0 amide bonds. The number of benzene rings is 1. The molecule has 2 aromatic heterocycles. The average Bonchev–Trinajstić information content (AvgIpc) is 3.39. The second-order valence-electron chi connectivity index (χ2n) is 9.50. The van der Waals surface area contributed by atoms with Crippen LogP contribution in [0.15, 0.2) is 41.2 Å². The number of aromatic nitrogens is 1. The first-order chi connectivity index (χ1) is 16.5. The summed E-state index contributed by atoms with van der Waals surface area (Å²) in [5, 5.41) is 15.6. The number of methoxy groups -OCH3 is 1. The van der Waals surface area contributed by atoms with Crippen molar-refractivity contribution >= 4 is 33.8 Å². The Morgan fingerprint density at radius 3 is 2.79 bits per heavy atom. The molecule has 1 unspecified atom stereocenters. The highest BCUT2D eigenvalue weighted by Crippen LogP contribution is 2.41. The van der Waals surface area contributed by atoms with Crippen LogP contribution in [0.1, 0.15) is 55.8 Å². The van der Waals surface area contributed by atoms with Crippen LogP contribution in [0.4, 0.5) is 4.39 Å². The molecular formula is C27H34ClFN2O2S. The molecule has 0 aliphatic carbocycles. The van der Waals surface area contributed by atoms with E-state index in [0.717, 1.165) is 38.9 Å². The first-order valence-corrected chi connectivity index (χ1v) is 13.5. The Hall–Kier alpha value is -1.73. The SMILES string of the molecule is COc1ccc2ncc(Cl)c(C(F)CCC3(CO)CCN(CCCCc4ccsc4)CC3)c2c1. The molecule has 184 valence electrons. The van der Waals surface area contributed by atoms with Gasteiger partial charge in [0.05, 0.1) is 17.6 Å². The third-order valence-electron chi connectivity index (χ3n) is 7.33. The molecule has 0 spiro atoms. The Balaban J connectivity index is 1.31. The second-order valence-corrected chi connectivity index (χ2v) is 10.7. The lowest BCUT2D eigenvalue weighted by atomic mass is 9.74. The molecule has 1 aliphatic rings. The standard InChI is InChI=1S/C27H34ClFN2O2S/c1-33-21-5-6-25-22(16-21)26(23(28)17-30-25)24(29)7-9-27(19-32)10-13-31(14-11-27)12-3-2-4-20-8-15-34-18-20/h5-6,8,15-18,24,32H,2-4,7,9-14,19H2,1H3. The Bertz CT molecular complexity index is 1050. The minimum absolute atomic E-state index is 0.102. The zero-order valence-electron chi connectivity index (χ0n) is 19.8. The Morgan fingerprint density at radius 1 is 1.26 bits per heavy atom. The molecule has 1 N–H and O–H groups in total. The van der Waals surface area contributed by atoms with Gasteiger partial charge in [-0.2, -0.15) is 11.3 Å². The van der Waals surface area contributed by atoms with E-state index in [0.29, 0.717) is 40.1 Å². The van der Waals surface area contributed by atoms with Crippen LogP contribution in [0, 0.1) is 5.41 Å². The second kappa shape index (κ2) is 11.8. The zero-order valence-corrected chi connectivity index (χ0v) is 21.4. The number of pyridine rings is 1. The van der Waals surface area contributed by atoms with E-state index >= 15 is 4.39 Å². The molecule has 1 aliphatic heterocycles. The molecule has 0 radical (unpaired) electrons. The number of piperidine rings is 1. The van der Waals surface area contributed by atoms with Gasteiger partial charge in [-0.05, 0) is 111 Å². The van der Waals surface area contributed by atoms with E-state index in [1.165, 1.54) is 24.6 Å². The molecule has 0 bridgehead atoms. The fourth-order valence-corrected chi connectivity index (χ4v) is 6.00. The molecule has 7 heteroatoms. The van der Waals surface area contributed by atoms with Crippen molar-refractivity contribution in [1.82, 2.24) is 9.88 Å². The van der Waals surface area contributed by atoms with Crippen molar-refractivity contribution in [2.45, 2.75) is 51.1 Å². The minimum Gasteiger partial charge on any atom is -0.497 e. The predicted octanol–water partition coefficient (Wildman–Crippen LogP) is 6.85. The van der Waals surface area contributed by atoms with Crippen LogP contribution in [-0.4, -0.2) is 48.3 Å². The summed E-state index contributed by atoms with van der Waals surface area (Å²) in [5.41, 5.74) is 2.39. The maximum Gasteiger partial charge on any atom is 0.127 e. The van der Waals surface area contributed by atoms with Crippen LogP contribution in [-0.2, 0) is 6.42 Å². The Kier molecular flexibility index (Phi) is 8.81. The number of halogens is 2. The molecule has 0 saturated carbocycles. The summed E-state index contributed by atoms with van der Waals surface area (Å²) >= 11 is 8.16. The Morgan fingerprint density at radius 2 is 2.09 bits per heavy atom. The number of aliphatic hydroxyl groups excluding tert-OH is 1. The number of likely N-dealkylation sites (tertiary alicyclic amines) is 1. The minimum atomic E-state index is -1.22. The number of ether oxygens (including phenoxy) is 1. The van der Waals surface area contributed by atoms with E-state index in [2.05, 4.69) is 26.7 Å². The normalized spacial score (nSPS) is 17.2. The first kappa shape index (κ1) is 25.4. The molecule has 4 rings (SSSR count). The van der Waals surface area contributed by atoms with Crippen LogP contribution >= 0.6 is 22.9 Å². The van der Waals surface area contributed by atoms with Crippen LogP contribution in [0.2, 0.25) is 5.02 Å². The molecule has 1 fully saturated rings. The molecule has 1 aromatic carbocycles. The van der Waals surface area contributed by atoms with Crippen LogP contribution in [0.25, 0.3) is 10.9 Å². The number of nitrogens with zero attached hydrogens (tertiary/aromatic N) is 2. The van der Waals surface area contributed by atoms with Crippen LogP contribution < -0.4 is 4.74 Å². The highest BCUT2D eigenvalue weighted by atomic mass is 35.5. The quantitative estimate of drug-likeness (QED) is 0.290. The number of rotatable bonds is 11. The van der Waals surface area contributed by atoms with Gasteiger partial charge in [0, 0.05) is 23.8 Å². The molecule has 34 heavy (non-hydrogen) atoms. The van der Waals surface area contributed by atoms with Gasteiger partial charge in [0.15, 0.2) is 0 Å². The number of thiophene rings is 1. The zero-order chi connectivity index (χ0) is 24.0. The monoisotopic (exact) mass is 504 g/mol. The van der Waals surface area contributed by atoms with Crippen LogP contribution in [0.3, 0.4) is 0 Å². The lowest BCUT2D eigenvalue weighted by molar-refractivity contribution is 0.0298. The number of hydrogen-bond acceptors (Lipinski definition) is 5. The summed E-state index contributed by atoms with van der Waals surface area (Å²) < 4.78 is 20.9. The summed E-state index contributed by atoms with van der Waals surface area (Å²) in [5.74, 6) is 0.652. The number of aliphatic hydroxyl groups is 1. The van der Waals surface area contributed by atoms with Crippen molar-refractivity contribution < 1.29 is 14.2 Å². The van der Waals surface area contributed by atoms with E-state index < -0.39 is 6.17 Å². The number of fused-ring (bicyclic) bond motifs is 1. The lowest BCUT2D eigenvalue weighted by Gasteiger charge is -2.41. The third kappa shape index (κ3) is 6.09. The van der Waals surface area contributed by atoms with Gasteiger partial charge in [-0.3, -0.25) is 4.98 Å². The first-order valence-electron chi connectivity index (χ1n) is 12.1. The van der Waals surface area contributed by atoms with Gasteiger partial charge in [0.1, 0.15) is 11.9 Å². The van der Waals surface area contributed by atoms with E-state index in [1.54, 1.807) is 24.5 Å². The molecule has 1 atom stereocenters. The van der Waals surface area contributed by atoms with Gasteiger partial charge in [0.25, 0.3) is 0 Å². The third-order valence-corrected chi connectivity index (χ3v) is 8.36. The van der Waals surface area contributed by atoms with E-state index in [1.807, 2.05) is 12.1 Å². The maximum absolute atomic E-state index is 15.6. The summed E-state index contributed by atoms with van der Waals surface area (Å²) in [4.78, 5) is 6.83. The maximum atomic E-state index is 15.6. The number of aryl methyl sites for hydroxylation is 1. The summed E-state index contributed by atoms with van der Waals surface area (Å²) in [7, 11) is 1.59. The molecular weight excluding hydrogens is 471 g/mol. The van der Waals surface area contributed by atoms with Gasteiger partial charge in [0.2, 0.25) is 0 Å². The van der Waals surface area contributed by atoms with E-state index in [-0.39, 0.29) is 12.0 Å². The van der Waals surface area contributed by atoms with E-state index in [4.69, 9.17) is 16.3 Å². The Labute approximate surface area is 210 Å². The van der Waals surface area contributed by atoms with Crippen molar-refractivity contribution in [2.75, 3.05) is 33.4 Å². The van der Waals surface area contributed by atoms with Crippen LogP contribution in [0.5, 0.6) is 5.75 Å². The number of hydrogen-bond donors (Lipinski definition) is 1. The smallest absolute Gasteiger partial charge is 0.127 e. The fraction of sp³-hybridized carbons (Fsp3) is 0.519. The van der Waals surface area contributed by atoms with Gasteiger partial charge in [-0.1, -0.05) is 11.6 Å². The van der Waals surface area contributed by atoms with Gasteiger partial charge in [-0.15, -0.1) is 0 Å². The summed E-state index contributed by atoms with van der Waals surface area (Å²) in [6, 6.07) is 7.65. The van der Waals surface area contributed by atoms with E-state index in [9.17, 15) is 5.11 Å². The topological polar surface area (TPSA) is 45.6 Å². The van der Waals surface area contributed by atoms with Gasteiger partial charge in [-0.25, -0.2) is 4.39 Å². The van der Waals surface area contributed by atoms with Crippen molar-refractivity contribution in [3.63, 3.8) is 0 Å². The number of alkyl halides is 1. The van der Waals surface area contributed by atoms with Crippen molar-refractivity contribution in [3.8, 4) is 5.75 Å². The number of unbranched alkanes of at least 4 members (excludes halogenated alkanes) is 1. The highest BCUT2D eigenvalue weighted by Gasteiger charge is 2.35. The highest BCUT2D eigenvalue weighted by molar-refractivity contribution is 7.07. The van der Waals surface area contributed by atoms with Crippen molar-refractivity contribution in [1.29, 1.82) is 0 Å². The summed E-state index contributed by atoms with van der Waals surface area (Å²) in [6.45, 7) is 3.13. The van der Waals surface area contributed by atoms with Crippen molar-refractivity contribution in [3.05, 3.63) is 57.4 Å². The summed E-state index contributed by atoms with van der Waals surface area (Å²) in [6.07, 6.45) is 6.62. The largest absolute Gasteiger partial charge is 0.497 e. The average molecular weight is 505 g/mol. The molecule has 4 nitrogen and oxygen atoms in total. The van der Waals surface area contributed by atoms with Crippen molar-refractivity contribution in [2.24, 2.45) is 5.41 Å². The fourth-order valence-electron chi connectivity index (χ4n) is 5.03. The molecule has 3 heterocycles. The molecule has 3 aromatic rings. The molecule has 1 saturated heterocycles. The lowest BCUT2D eigenvalue weighted by Crippen LogP contribution is -2.42. The van der Waals surface area contributed by atoms with Gasteiger partial charge >= 0.3 is 0 Å². The van der Waals surface area contributed by atoms with Gasteiger partial charge < -0.3 is 14.7 Å².